The van der Waals surface area contributed by atoms with Crippen LogP contribution < -0.4 is 10.2 Å². The summed E-state index contributed by atoms with van der Waals surface area (Å²) >= 11 is 0. The molecule has 130 valence electrons. The highest BCUT2D eigenvalue weighted by atomic mass is 16.5. The van der Waals surface area contributed by atoms with Gasteiger partial charge in [0.1, 0.15) is 12.1 Å². The van der Waals surface area contributed by atoms with Gasteiger partial charge in [-0.1, -0.05) is 6.92 Å². The predicted octanol–water partition coefficient (Wildman–Crippen LogP) is 2.66. The SMILES string of the molecule is CCc1cc(Nc2ccc(N3CCOCC3C)cc2)n2ncnc2n1. The molecular weight excluding hydrogens is 316 g/mol. The second-order valence-electron chi connectivity index (χ2n) is 6.25. The minimum absolute atomic E-state index is 0.398. The van der Waals surface area contributed by atoms with E-state index in [2.05, 4.69) is 63.4 Å². The number of nitrogens with one attached hydrogen (secondary N) is 1. The van der Waals surface area contributed by atoms with Gasteiger partial charge < -0.3 is 15.0 Å². The molecule has 1 N–H and O–H groups in total. The first-order valence-corrected chi connectivity index (χ1v) is 8.65. The van der Waals surface area contributed by atoms with Crippen molar-refractivity contribution in [1.82, 2.24) is 19.6 Å². The maximum Gasteiger partial charge on any atom is 0.254 e. The Morgan fingerprint density at radius 3 is 2.88 bits per heavy atom. The number of morpholine rings is 1. The molecule has 7 heteroatoms. The molecule has 7 nitrogen and oxygen atoms in total. The summed E-state index contributed by atoms with van der Waals surface area (Å²) in [7, 11) is 0. The molecule has 1 unspecified atom stereocenters. The second-order valence-corrected chi connectivity index (χ2v) is 6.25. The summed E-state index contributed by atoms with van der Waals surface area (Å²) < 4.78 is 7.24. The van der Waals surface area contributed by atoms with E-state index in [1.165, 1.54) is 12.0 Å². The normalized spacial score (nSPS) is 17.8. The summed E-state index contributed by atoms with van der Waals surface area (Å²) in [5, 5.41) is 7.68. The number of benzene rings is 1. The number of aryl methyl sites for hydroxylation is 1. The number of nitrogens with zero attached hydrogens (tertiary/aromatic N) is 5. The van der Waals surface area contributed by atoms with Gasteiger partial charge in [0.25, 0.3) is 5.78 Å². The number of hydrogen-bond donors (Lipinski definition) is 1. The fourth-order valence-corrected chi connectivity index (χ4v) is 3.13. The molecule has 0 radical (unpaired) electrons. The minimum atomic E-state index is 0.398. The lowest BCUT2D eigenvalue weighted by atomic mass is 10.2. The Morgan fingerprint density at radius 1 is 1.28 bits per heavy atom. The van der Waals surface area contributed by atoms with Crippen LogP contribution in [0.4, 0.5) is 17.2 Å². The van der Waals surface area contributed by atoms with Crippen LogP contribution >= 0.6 is 0 Å². The molecule has 25 heavy (non-hydrogen) atoms. The largest absolute Gasteiger partial charge is 0.377 e. The first kappa shape index (κ1) is 15.8. The third-order valence-corrected chi connectivity index (χ3v) is 4.51. The quantitative estimate of drug-likeness (QED) is 0.789. The van der Waals surface area contributed by atoms with Crippen molar-refractivity contribution >= 4 is 23.0 Å². The van der Waals surface area contributed by atoms with Crippen LogP contribution in [0.3, 0.4) is 0 Å². The zero-order valence-corrected chi connectivity index (χ0v) is 14.5. The van der Waals surface area contributed by atoms with Gasteiger partial charge in [0.15, 0.2) is 0 Å². The van der Waals surface area contributed by atoms with Gasteiger partial charge in [0, 0.05) is 35.7 Å². The Kier molecular flexibility index (Phi) is 4.23. The van der Waals surface area contributed by atoms with Gasteiger partial charge in [-0.15, -0.1) is 0 Å². The third kappa shape index (κ3) is 3.15. The molecule has 1 aliphatic heterocycles. The number of fused-ring (bicyclic) bond motifs is 1. The standard InChI is InChI=1S/C18H22N6O/c1-3-14-10-17(24-18(22-14)19-12-20-24)21-15-4-6-16(7-5-15)23-8-9-25-11-13(23)2/h4-7,10,12-13,21H,3,8-9,11H2,1-2H3. The van der Waals surface area contributed by atoms with Crippen molar-refractivity contribution in [3.05, 3.63) is 42.4 Å². The molecule has 0 bridgehead atoms. The summed E-state index contributed by atoms with van der Waals surface area (Å²) in [6.07, 6.45) is 2.38. The summed E-state index contributed by atoms with van der Waals surface area (Å²) in [6.45, 7) is 6.76. The van der Waals surface area contributed by atoms with Crippen LogP contribution in [0.5, 0.6) is 0 Å². The van der Waals surface area contributed by atoms with Crippen molar-refractivity contribution in [2.24, 2.45) is 0 Å². The molecule has 3 aromatic rings. The number of anilines is 3. The van der Waals surface area contributed by atoms with Gasteiger partial charge in [-0.05, 0) is 37.6 Å². The first-order valence-electron chi connectivity index (χ1n) is 8.65. The number of rotatable bonds is 4. The van der Waals surface area contributed by atoms with Gasteiger partial charge >= 0.3 is 0 Å². The molecule has 1 atom stereocenters. The lowest BCUT2D eigenvalue weighted by molar-refractivity contribution is 0.0989. The minimum Gasteiger partial charge on any atom is -0.377 e. The van der Waals surface area contributed by atoms with E-state index < -0.39 is 0 Å². The van der Waals surface area contributed by atoms with Crippen LogP contribution in [0, 0.1) is 0 Å². The van der Waals surface area contributed by atoms with Crippen LogP contribution in [0.2, 0.25) is 0 Å². The number of aromatic nitrogens is 4. The highest BCUT2D eigenvalue weighted by Gasteiger charge is 2.18. The van der Waals surface area contributed by atoms with E-state index >= 15 is 0 Å². The van der Waals surface area contributed by atoms with Gasteiger partial charge in [-0.2, -0.15) is 14.6 Å². The summed E-state index contributed by atoms with van der Waals surface area (Å²) in [5.41, 5.74) is 3.22. The molecule has 1 saturated heterocycles. The fourth-order valence-electron chi connectivity index (χ4n) is 3.13. The van der Waals surface area contributed by atoms with Crippen LogP contribution in [0.25, 0.3) is 5.78 Å². The summed E-state index contributed by atoms with van der Waals surface area (Å²) in [5.74, 6) is 1.48. The molecule has 0 saturated carbocycles. The second kappa shape index (κ2) is 6.68. The molecule has 0 aliphatic carbocycles. The summed E-state index contributed by atoms with van der Waals surface area (Å²) in [4.78, 5) is 11.0. The molecular formula is C18H22N6O. The monoisotopic (exact) mass is 338 g/mol. The van der Waals surface area contributed by atoms with Gasteiger partial charge in [0.2, 0.25) is 0 Å². The average molecular weight is 338 g/mol. The molecule has 0 spiro atoms. The highest BCUT2D eigenvalue weighted by molar-refractivity contribution is 5.62. The van der Waals surface area contributed by atoms with Crippen molar-refractivity contribution in [2.45, 2.75) is 26.3 Å². The van der Waals surface area contributed by atoms with Gasteiger partial charge in [-0.3, -0.25) is 0 Å². The Hall–Kier alpha value is -2.67. The Labute approximate surface area is 146 Å². The Bertz CT molecular complexity index is 860. The van der Waals surface area contributed by atoms with Gasteiger partial charge in [0.05, 0.1) is 13.2 Å². The van der Waals surface area contributed by atoms with Crippen molar-refractivity contribution in [2.75, 3.05) is 30.0 Å². The maximum absolute atomic E-state index is 5.52. The van der Waals surface area contributed by atoms with Crippen LogP contribution in [0.1, 0.15) is 19.5 Å². The lowest BCUT2D eigenvalue weighted by Gasteiger charge is -2.35. The van der Waals surface area contributed by atoms with Crippen LogP contribution in [0.15, 0.2) is 36.7 Å². The molecule has 2 aromatic heterocycles. The van der Waals surface area contributed by atoms with E-state index in [1.54, 1.807) is 4.52 Å². The molecule has 3 heterocycles. The predicted molar refractivity (Wildman–Crippen MR) is 97.5 cm³/mol. The third-order valence-electron chi connectivity index (χ3n) is 4.51. The zero-order chi connectivity index (χ0) is 17.2. The fraction of sp³-hybridized carbons (Fsp3) is 0.389. The van der Waals surface area contributed by atoms with E-state index in [1.807, 2.05) is 6.07 Å². The van der Waals surface area contributed by atoms with Crippen LogP contribution in [-0.2, 0) is 11.2 Å². The maximum atomic E-state index is 5.52. The molecule has 1 aliphatic rings. The van der Waals surface area contributed by atoms with E-state index in [0.29, 0.717) is 11.8 Å². The van der Waals surface area contributed by atoms with Crippen molar-refractivity contribution in [3.8, 4) is 0 Å². The van der Waals surface area contributed by atoms with E-state index in [0.717, 1.165) is 43.4 Å². The van der Waals surface area contributed by atoms with Crippen molar-refractivity contribution in [3.63, 3.8) is 0 Å². The van der Waals surface area contributed by atoms with E-state index in [4.69, 9.17) is 4.74 Å². The molecule has 1 fully saturated rings. The molecule has 0 amide bonds. The molecule has 4 rings (SSSR count). The smallest absolute Gasteiger partial charge is 0.254 e. The van der Waals surface area contributed by atoms with Gasteiger partial charge in [-0.25, -0.2) is 4.98 Å². The number of ether oxygens (including phenoxy) is 1. The zero-order valence-electron chi connectivity index (χ0n) is 14.5. The topological polar surface area (TPSA) is 67.6 Å². The molecule has 1 aromatic carbocycles. The Balaban J connectivity index is 1.58. The number of hydrogen-bond acceptors (Lipinski definition) is 6. The lowest BCUT2D eigenvalue weighted by Crippen LogP contribution is -2.43. The average Bonchev–Trinajstić information content (AvgIpc) is 3.12. The van der Waals surface area contributed by atoms with Crippen LogP contribution in [-0.4, -0.2) is 45.4 Å². The van der Waals surface area contributed by atoms with Crippen molar-refractivity contribution < 1.29 is 4.74 Å². The first-order chi connectivity index (χ1) is 12.2. The van der Waals surface area contributed by atoms with E-state index in [-0.39, 0.29) is 0 Å². The highest BCUT2D eigenvalue weighted by Crippen LogP contribution is 2.24. The summed E-state index contributed by atoms with van der Waals surface area (Å²) in [6, 6.07) is 10.9. The van der Waals surface area contributed by atoms with E-state index in [9.17, 15) is 0 Å². The van der Waals surface area contributed by atoms with Crippen molar-refractivity contribution in [1.29, 1.82) is 0 Å². The Morgan fingerprint density at radius 2 is 2.12 bits per heavy atom.